The molecule has 1 amide bonds. The Morgan fingerprint density at radius 3 is 2.36 bits per heavy atom. The van der Waals surface area contributed by atoms with E-state index < -0.39 is 10.1 Å². The van der Waals surface area contributed by atoms with Gasteiger partial charge in [0.1, 0.15) is 11.3 Å². The second kappa shape index (κ2) is 7.51. The summed E-state index contributed by atoms with van der Waals surface area (Å²) in [7, 11) is -2.99. The number of amides is 1. The first-order chi connectivity index (χ1) is 13.1. The van der Waals surface area contributed by atoms with Gasteiger partial charge in [-0.25, -0.2) is 4.98 Å². The molecule has 1 aliphatic heterocycles. The van der Waals surface area contributed by atoms with Crippen LogP contribution < -0.4 is 9.64 Å². The second-order valence-corrected chi connectivity index (χ2v) is 8.48. The third-order valence-corrected chi connectivity index (χ3v) is 5.58. The molecule has 0 atom stereocenters. The van der Waals surface area contributed by atoms with Crippen molar-refractivity contribution in [2.75, 3.05) is 38.2 Å². The van der Waals surface area contributed by atoms with E-state index >= 15 is 0 Å². The number of hydrogen-bond donors (Lipinski definition) is 1. The number of aromatic nitrogens is 2. The molecule has 0 saturated carbocycles. The summed E-state index contributed by atoms with van der Waals surface area (Å²) in [6.07, 6.45) is 0. The number of fused-ring (bicyclic) bond motifs is 1. The normalized spacial score (nSPS) is 15.4. The van der Waals surface area contributed by atoms with Gasteiger partial charge in [0, 0.05) is 32.1 Å². The predicted molar refractivity (Wildman–Crippen MR) is 104 cm³/mol. The summed E-state index contributed by atoms with van der Waals surface area (Å²) in [6, 6.07) is 2.72. The van der Waals surface area contributed by atoms with Gasteiger partial charge in [0.15, 0.2) is 0 Å². The van der Waals surface area contributed by atoms with Crippen LogP contribution in [0.15, 0.2) is 17.0 Å². The van der Waals surface area contributed by atoms with Gasteiger partial charge in [-0.15, -0.1) is 0 Å². The highest BCUT2D eigenvalue weighted by Crippen LogP contribution is 2.34. The van der Waals surface area contributed by atoms with E-state index in [1.54, 1.807) is 11.8 Å². The maximum Gasteiger partial charge on any atom is 0.294 e. The highest BCUT2D eigenvalue weighted by Gasteiger charge is 2.26. The number of rotatable bonds is 4. The first-order valence-corrected chi connectivity index (χ1v) is 10.4. The molecule has 152 valence electrons. The number of carbonyl (C=O) groups excluding carboxylic acids is 1. The maximum absolute atomic E-state index is 12.2. The molecule has 9 nitrogen and oxygen atoms in total. The lowest BCUT2D eigenvalue weighted by Gasteiger charge is -2.37. The Balaban J connectivity index is 2.07. The van der Waals surface area contributed by atoms with E-state index in [9.17, 15) is 17.8 Å². The fourth-order valence-electron chi connectivity index (χ4n) is 3.35. The van der Waals surface area contributed by atoms with Crippen molar-refractivity contribution in [2.24, 2.45) is 5.92 Å². The molecular weight excluding hydrogens is 384 g/mol. The van der Waals surface area contributed by atoms with Crippen molar-refractivity contribution in [1.29, 1.82) is 0 Å². The number of ether oxygens (including phenoxy) is 1. The van der Waals surface area contributed by atoms with Crippen LogP contribution in [0, 0.1) is 12.8 Å². The highest BCUT2D eigenvalue weighted by atomic mass is 32.2. The molecule has 1 aliphatic rings. The fourth-order valence-corrected chi connectivity index (χ4v) is 3.87. The number of methoxy groups -OCH3 is 1. The van der Waals surface area contributed by atoms with E-state index in [-0.39, 0.29) is 22.6 Å². The molecule has 0 aliphatic carbocycles. The number of piperazine rings is 1. The van der Waals surface area contributed by atoms with Gasteiger partial charge in [-0.1, -0.05) is 13.8 Å². The van der Waals surface area contributed by atoms with Crippen LogP contribution in [0.5, 0.6) is 5.88 Å². The van der Waals surface area contributed by atoms with E-state index in [0.717, 1.165) is 0 Å². The zero-order chi connectivity index (χ0) is 20.6. The molecule has 1 fully saturated rings. The topological polar surface area (TPSA) is 113 Å². The largest absolute Gasteiger partial charge is 0.480 e. The number of hydrogen-bond acceptors (Lipinski definition) is 7. The minimum Gasteiger partial charge on any atom is -0.480 e. The number of aryl methyl sites for hydroxylation is 1. The molecule has 1 aromatic heterocycles. The zero-order valence-electron chi connectivity index (χ0n) is 16.3. The quantitative estimate of drug-likeness (QED) is 0.757. The van der Waals surface area contributed by atoms with Crippen LogP contribution in [-0.4, -0.2) is 67.0 Å². The molecular formula is C18H24N4O5S. The number of benzene rings is 1. The van der Waals surface area contributed by atoms with Crippen LogP contribution >= 0.6 is 0 Å². The van der Waals surface area contributed by atoms with E-state index in [0.29, 0.717) is 48.6 Å². The molecule has 0 spiro atoms. The molecule has 2 heterocycles. The molecule has 0 radical (unpaired) electrons. The lowest BCUT2D eigenvalue weighted by molar-refractivity contribution is -0.134. The van der Waals surface area contributed by atoms with E-state index in [1.807, 2.05) is 18.7 Å². The van der Waals surface area contributed by atoms with Gasteiger partial charge in [-0.3, -0.25) is 9.35 Å². The second-order valence-electron chi connectivity index (χ2n) is 7.06. The minimum absolute atomic E-state index is 0.0742. The SMILES string of the molecule is COc1nc(C)nc2c(N3CCN(C(=O)C(C)C)CC3)cc(S(=O)(=O)O)cc12. The standard InChI is InChI=1S/C18H24N4O5S/c1-11(2)18(23)22-7-5-21(6-8-22)15-10-13(28(24,25)26)9-14-16(15)19-12(3)20-17(14)27-4/h9-11H,5-8H2,1-4H3,(H,24,25,26). The molecule has 3 rings (SSSR count). The van der Waals surface area contributed by atoms with Crippen LogP contribution in [0.1, 0.15) is 19.7 Å². The van der Waals surface area contributed by atoms with Gasteiger partial charge in [-0.05, 0) is 19.1 Å². The lowest BCUT2D eigenvalue weighted by atomic mass is 10.1. The first kappa shape index (κ1) is 20.3. The number of anilines is 1. The van der Waals surface area contributed by atoms with Crippen molar-refractivity contribution in [3.63, 3.8) is 0 Å². The lowest BCUT2D eigenvalue weighted by Crippen LogP contribution is -2.50. The molecule has 28 heavy (non-hydrogen) atoms. The molecule has 2 aromatic rings. The molecule has 1 saturated heterocycles. The van der Waals surface area contributed by atoms with Crippen molar-refractivity contribution in [1.82, 2.24) is 14.9 Å². The highest BCUT2D eigenvalue weighted by molar-refractivity contribution is 7.85. The fraction of sp³-hybridized carbons (Fsp3) is 0.500. The Hall–Kier alpha value is -2.46. The maximum atomic E-state index is 12.2. The van der Waals surface area contributed by atoms with Crippen molar-refractivity contribution >= 4 is 32.6 Å². The van der Waals surface area contributed by atoms with E-state index in [2.05, 4.69) is 9.97 Å². The van der Waals surface area contributed by atoms with Gasteiger partial charge in [0.2, 0.25) is 11.8 Å². The van der Waals surface area contributed by atoms with Crippen molar-refractivity contribution < 1.29 is 22.5 Å². The molecule has 10 heteroatoms. The van der Waals surface area contributed by atoms with E-state index in [1.165, 1.54) is 19.2 Å². The minimum atomic E-state index is -4.43. The number of nitrogens with zero attached hydrogens (tertiary/aromatic N) is 4. The van der Waals surface area contributed by atoms with Crippen molar-refractivity contribution in [2.45, 2.75) is 25.7 Å². The summed E-state index contributed by atoms with van der Waals surface area (Å²) in [4.78, 5) is 24.4. The summed E-state index contributed by atoms with van der Waals surface area (Å²) in [6.45, 7) is 7.54. The summed E-state index contributed by atoms with van der Waals surface area (Å²) in [5, 5.41) is 0.402. The average molecular weight is 408 g/mol. The Morgan fingerprint density at radius 1 is 1.18 bits per heavy atom. The summed E-state index contributed by atoms with van der Waals surface area (Å²) < 4.78 is 38.5. The van der Waals surface area contributed by atoms with Gasteiger partial charge in [0.05, 0.1) is 23.1 Å². The van der Waals surface area contributed by atoms with Crippen LogP contribution in [0.2, 0.25) is 0 Å². The molecule has 1 aromatic carbocycles. The summed E-state index contributed by atoms with van der Waals surface area (Å²) in [5.74, 6) is 0.743. The molecule has 0 unspecified atom stereocenters. The molecule has 1 N–H and O–H groups in total. The van der Waals surface area contributed by atoms with Gasteiger partial charge >= 0.3 is 0 Å². The smallest absolute Gasteiger partial charge is 0.294 e. The Morgan fingerprint density at radius 2 is 1.82 bits per heavy atom. The monoisotopic (exact) mass is 408 g/mol. The van der Waals surface area contributed by atoms with Gasteiger partial charge < -0.3 is 14.5 Å². The summed E-state index contributed by atoms with van der Waals surface area (Å²) >= 11 is 0. The Kier molecular flexibility index (Phi) is 5.44. The van der Waals surface area contributed by atoms with Crippen molar-refractivity contribution in [3.05, 3.63) is 18.0 Å². The first-order valence-electron chi connectivity index (χ1n) is 8.99. The summed E-state index contributed by atoms with van der Waals surface area (Å²) in [5.41, 5.74) is 1.10. The van der Waals surface area contributed by atoms with Crippen LogP contribution in [-0.2, 0) is 14.9 Å². The van der Waals surface area contributed by atoms with E-state index in [4.69, 9.17) is 4.74 Å². The number of carbonyl (C=O) groups is 1. The third kappa shape index (κ3) is 3.88. The Labute approximate surface area is 164 Å². The van der Waals surface area contributed by atoms with Gasteiger partial charge in [-0.2, -0.15) is 13.4 Å². The Bertz CT molecular complexity index is 1010. The third-order valence-electron chi connectivity index (χ3n) is 4.75. The van der Waals surface area contributed by atoms with Crippen molar-refractivity contribution in [3.8, 4) is 5.88 Å². The van der Waals surface area contributed by atoms with Crippen LogP contribution in [0.4, 0.5) is 5.69 Å². The van der Waals surface area contributed by atoms with Crippen LogP contribution in [0.3, 0.4) is 0 Å². The molecule has 0 bridgehead atoms. The zero-order valence-corrected chi connectivity index (χ0v) is 17.2. The average Bonchev–Trinajstić information content (AvgIpc) is 2.65. The van der Waals surface area contributed by atoms with Gasteiger partial charge in [0.25, 0.3) is 10.1 Å². The predicted octanol–water partition coefficient (Wildman–Crippen LogP) is 1.50. The van der Waals surface area contributed by atoms with Crippen LogP contribution in [0.25, 0.3) is 10.9 Å².